The summed E-state index contributed by atoms with van der Waals surface area (Å²) in [5.41, 5.74) is 0. The van der Waals surface area contributed by atoms with Gasteiger partial charge in [-0.15, -0.1) is 0 Å². The number of amides is 2. The smallest absolute Gasteiger partial charge is 0.326 e. The van der Waals surface area contributed by atoms with Crippen molar-refractivity contribution in [3.05, 3.63) is 0 Å². The van der Waals surface area contributed by atoms with E-state index >= 15 is 0 Å². The summed E-state index contributed by atoms with van der Waals surface area (Å²) in [7, 11) is 0. The number of nitrogens with one attached hydrogen (secondary N) is 2. The van der Waals surface area contributed by atoms with E-state index < -0.39 is 18.0 Å². The number of urea groups is 1. The molecule has 5 nitrogen and oxygen atoms in total. The van der Waals surface area contributed by atoms with Crippen LogP contribution in [-0.4, -0.2) is 41.2 Å². The Morgan fingerprint density at radius 3 is 2.44 bits per heavy atom. The second-order valence-corrected chi connectivity index (χ2v) is 4.56. The average Bonchev–Trinajstić information content (AvgIpc) is 2.16. The molecule has 2 amide bonds. The van der Waals surface area contributed by atoms with Crippen LogP contribution >= 0.6 is 11.8 Å². The third-order valence-corrected chi connectivity index (χ3v) is 2.81. The van der Waals surface area contributed by atoms with E-state index in [0.717, 1.165) is 12.2 Å². The fourth-order valence-electron chi connectivity index (χ4n) is 1.26. The van der Waals surface area contributed by atoms with Crippen LogP contribution in [0, 0.1) is 0 Å². The molecular formula is C10H20N2O3S. The van der Waals surface area contributed by atoms with Crippen molar-refractivity contribution in [1.82, 2.24) is 10.6 Å². The van der Waals surface area contributed by atoms with Crippen molar-refractivity contribution in [2.24, 2.45) is 0 Å². The Morgan fingerprint density at radius 2 is 2.00 bits per heavy atom. The number of thioether (sulfide) groups is 1. The molecule has 0 aromatic heterocycles. The number of carbonyl (C=O) groups excluding carboxylic acids is 1. The van der Waals surface area contributed by atoms with Gasteiger partial charge in [0.15, 0.2) is 0 Å². The summed E-state index contributed by atoms with van der Waals surface area (Å²) in [6, 6.07) is -1.18. The van der Waals surface area contributed by atoms with Gasteiger partial charge in [0.1, 0.15) is 6.04 Å². The van der Waals surface area contributed by atoms with Gasteiger partial charge < -0.3 is 15.7 Å². The predicted molar refractivity (Wildman–Crippen MR) is 65.8 cm³/mol. The van der Waals surface area contributed by atoms with Gasteiger partial charge >= 0.3 is 12.0 Å². The Kier molecular flexibility index (Phi) is 7.80. The van der Waals surface area contributed by atoms with E-state index in [1.807, 2.05) is 20.1 Å². The first kappa shape index (κ1) is 15.1. The third-order valence-electron chi connectivity index (χ3n) is 1.97. The van der Waals surface area contributed by atoms with Crippen LogP contribution in [-0.2, 0) is 4.79 Å². The minimum atomic E-state index is -0.991. The van der Waals surface area contributed by atoms with Crippen molar-refractivity contribution in [2.45, 2.75) is 38.8 Å². The Bertz CT molecular complexity index is 236. The molecule has 0 saturated carbocycles. The molecule has 2 unspecified atom stereocenters. The summed E-state index contributed by atoms with van der Waals surface area (Å²) in [5, 5.41) is 14.0. The number of hydrogen-bond acceptors (Lipinski definition) is 3. The number of hydrogen-bond donors (Lipinski definition) is 3. The molecule has 0 spiro atoms. The fourth-order valence-corrected chi connectivity index (χ4v) is 1.84. The lowest BCUT2D eigenvalue weighted by Gasteiger charge is -2.17. The van der Waals surface area contributed by atoms with E-state index in [0.29, 0.717) is 6.42 Å². The second kappa shape index (κ2) is 8.27. The number of carboxylic acids is 1. The molecule has 16 heavy (non-hydrogen) atoms. The highest BCUT2D eigenvalue weighted by Crippen LogP contribution is 1.98. The van der Waals surface area contributed by atoms with Crippen molar-refractivity contribution in [3.8, 4) is 0 Å². The van der Waals surface area contributed by atoms with Gasteiger partial charge in [0.05, 0.1) is 0 Å². The standard InChI is InChI=1S/C10H20N2O3S/c1-4-5-8(9(13)14)12-10(15)11-7(2)6-16-3/h7-8H,4-6H2,1-3H3,(H,13,14)(H2,11,12,15). The molecule has 0 aliphatic carbocycles. The molecule has 6 heteroatoms. The number of carbonyl (C=O) groups is 2. The maximum absolute atomic E-state index is 11.4. The molecule has 0 aromatic rings. The Balaban J connectivity index is 4.04. The quantitative estimate of drug-likeness (QED) is 0.634. The summed E-state index contributed by atoms with van der Waals surface area (Å²) >= 11 is 1.63. The second-order valence-electron chi connectivity index (χ2n) is 3.65. The zero-order valence-corrected chi connectivity index (χ0v) is 10.8. The molecular weight excluding hydrogens is 228 g/mol. The molecule has 0 radical (unpaired) electrons. The van der Waals surface area contributed by atoms with Gasteiger partial charge in [-0.3, -0.25) is 0 Å². The van der Waals surface area contributed by atoms with Crippen LogP contribution in [0.5, 0.6) is 0 Å². The molecule has 0 aromatic carbocycles. The topological polar surface area (TPSA) is 78.4 Å². The van der Waals surface area contributed by atoms with Gasteiger partial charge in [-0.05, 0) is 19.6 Å². The van der Waals surface area contributed by atoms with E-state index in [2.05, 4.69) is 10.6 Å². The summed E-state index contributed by atoms with van der Waals surface area (Å²) in [6.07, 6.45) is 3.12. The maximum Gasteiger partial charge on any atom is 0.326 e. The molecule has 0 rings (SSSR count). The molecule has 0 heterocycles. The van der Waals surface area contributed by atoms with Crippen molar-refractivity contribution >= 4 is 23.8 Å². The Hall–Kier alpha value is -0.910. The molecule has 0 aliphatic rings. The maximum atomic E-state index is 11.4. The lowest BCUT2D eigenvalue weighted by atomic mass is 10.2. The van der Waals surface area contributed by atoms with Gasteiger partial charge in [-0.1, -0.05) is 13.3 Å². The van der Waals surface area contributed by atoms with E-state index in [1.165, 1.54) is 0 Å². The zero-order chi connectivity index (χ0) is 12.6. The average molecular weight is 248 g/mol. The van der Waals surface area contributed by atoms with E-state index in [4.69, 9.17) is 5.11 Å². The van der Waals surface area contributed by atoms with Crippen LogP contribution in [0.2, 0.25) is 0 Å². The molecule has 0 fully saturated rings. The zero-order valence-electron chi connectivity index (χ0n) is 9.95. The van der Waals surface area contributed by atoms with Gasteiger partial charge in [-0.25, -0.2) is 9.59 Å². The number of carboxylic acid groups (broad SMARTS) is 1. The normalized spacial score (nSPS) is 13.9. The van der Waals surface area contributed by atoms with Crippen LogP contribution < -0.4 is 10.6 Å². The van der Waals surface area contributed by atoms with Gasteiger partial charge in [0.25, 0.3) is 0 Å². The van der Waals surface area contributed by atoms with Crippen molar-refractivity contribution in [2.75, 3.05) is 12.0 Å². The van der Waals surface area contributed by atoms with Crippen LogP contribution in [0.25, 0.3) is 0 Å². The van der Waals surface area contributed by atoms with Gasteiger partial charge in [0.2, 0.25) is 0 Å². The monoisotopic (exact) mass is 248 g/mol. The Labute approximate surface area is 100 Å². The third kappa shape index (κ3) is 6.55. The minimum absolute atomic E-state index is 0.0334. The van der Waals surface area contributed by atoms with Gasteiger partial charge in [0, 0.05) is 11.8 Å². The van der Waals surface area contributed by atoms with Crippen LogP contribution in [0.3, 0.4) is 0 Å². The van der Waals surface area contributed by atoms with Crippen LogP contribution in [0.15, 0.2) is 0 Å². The molecule has 3 N–H and O–H groups in total. The van der Waals surface area contributed by atoms with Crippen molar-refractivity contribution in [1.29, 1.82) is 0 Å². The highest BCUT2D eigenvalue weighted by atomic mass is 32.2. The largest absolute Gasteiger partial charge is 0.480 e. The minimum Gasteiger partial charge on any atom is -0.480 e. The highest BCUT2D eigenvalue weighted by Gasteiger charge is 2.19. The molecule has 0 aliphatic heterocycles. The molecule has 0 saturated heterocycles. The van der Waals surface area contributed by atoms with E-state index in [9.17, 15) is 9.59 Å². The first-order valence-corrected chi connectivity index (χ1v) is 6.69. The van der Waals surface area contributed by atoms with Crippen molar-refractivity contribution < 1.29 is 14.7 Å². The van der Waals surface area contributed by atoms with Crippen LogP contribution in [0.1, 0.15) is 26.7 Å². The summed E-state index contributed by atoms with van der Waals surface area (Å²) in [6.45, 7) is 3.76. The lowest BCUT2D eigenvalue weighted by Crippen LogP contribution is -2.48. The first-order valence-electron chi connectivity index (χ1n) is 5.30. The Morgan fingerprint density at radius 1 is 1.38 bits per heavy atom. The van der Waals surface area contributed by atoms with Gasteiger partial charge in [-0.2, -0.15) is 11.8 Å². The van der Waals surface area contributed by atoms with E-state index in [1.54, 1.807) is 11.8 Å². The SMILES string of the molecule is CCCC(NC(=O)NC(C)CSC)C(=O)O. The van der Waals surface area contributed by atoms with Crippen LogP contribution in [0.4, 0.5) is 4.79 Å². The predicted octanol–water partition coefficient (Wildman–Crippen LogP) is 1.29. The summed E-state index contributed by atoms with van der Waals surface area (Å²) < 4.78 is 0. The van der Waals surface area contributed by atoms with Crippen molar-refractivity contribution in [3.63, 3.8) is 0 Å². The number of aliphatic carboxylic acids is 1. The lowest BCUT2D eigenvalue weighted by molar-refractivity contribution is -0.139. The summed E-state index contributed by atoms with van der Waals surface area (Å²) in [5.74, 6) is -0.187. The first-order chi connectivity index (χ1) is 7.51. The van der Waals surface area contributed by atoms with E-state index in [-0.39, 0.29) is 6.04 Å². The molecule has 0 bridgehead atoms. The highest BCUT2D eigenvalue weighted by molar-refractivity contribution is 7.98. The number of rotatable bonds is 7. The molecule has 2 atom stereocenters. The summed E-state index contributed by atoms with van der Waals surface area (Å²) in [4.78, 5) is 22.2. The fraction of sp³-hybridized carbons (Fsp3) is 0.800. The molecule has 94 valence electrons.